The number of likely N-dealkylation sites (tertiary alicyclic amines) is 1. The van der Waals surface area contributed by atoms with Crippen molar-refractivity contribution in [3.63, 3.8) is 0 Å². The Kier molecular flexibility index (Phi) is 8.47. The fourth-order valence-corrected chi connectivity index (χ4v) is 4.24. The molecule has 0 radical (unpaired) electrons. The lowest BCUT2D eigenvalue weighted by Gasteiger charge is -2.34. The van der Waals surface area contributed by atoms with Crippen molar-refractivity contribution in [2.24, 2.45) is 5.92 Å². The van der Waals surface area contributed by atoms with Crippen molar-refractivity contribution in [1.82, 2.24) is 15.1 Å². The summed E-state index contributed by atoms with van der Waals surface area (Å²) in [5, 5.41) is 6.09. The maximum atomic E-state index is 13.0. The minimum atomic E-state index is -0.177. The van der Waals surface area contributed by atoms with Crippen LogP contribution in [0.15, 0.2) is 60.7 Å². The summed E-state index contributed by atoms with van der Waals surface area (Å²) in [6.07, 6.45) is 1.64. The highest BCUT2D eigenvalue weighted by molar-refractivity contribution is 5.90. The molecule has 1 heterocycles. The summed E-state index contributed by atoms with van der Waals surface area (Å²) in [7, 11) is 0. The van der Waals surface area contributed by atoms with E-state index in [2.05, 4.69) is 41.5 Å². The molecule has 6 heteroatoms. The van der Waals surface area contributed by atoms with Crippen LogP contribution in [0.1, 0.15) is 38.3 Å². The molecule has 3 amide bonds. The fourth-order valence-electron chi connectivity index (χ4n) is 4.24. The molecular weight excluding hydrogens is 388 g/mol. The number of likely N-dealkylation sites (N-methyl/N-ethyl adjacent to an activating group) is 1. The predicted molar refractivity (Wildman–Crippen MR) is 125 cm³/mol. The van der Waals surface area contributed by atoms with Crippen LogP contribution in [0, 0.1) is 5.92 Å². The number of rotatable bonds is 8. The average Bonchev–Trinajstić information content (AvgIpc) is 2.83. The minimum absolute atomic E-state index is 0.0327. The van der Waals surface area contributed by atoms with Crippen LogP contribution in [-0.4, -0.2) is 54.5 Å². The molecule has 166 valence electrons. The molecule has 6 nitrogen and oxygen atoms in total. The first-order chi connectivity index (χ1) is 15.1. The van der Waals surface area contributed by atoms with Crippen LogP contribution in [0.25, 0.3) is 0 Å². The largest absolute Gasteiger partial charge is 0.354 e. The molecule has 3 rings (SSSR count). The lowest BCUT2D eigenvalue weighted by atomic mass is 9.97. The third-order valence-corrected chi connectivity index (χ3v) is 6.01. The van der Waals surface area contributed by atoms with Crippen LogP contribution >= 0.6 is 0 Å². The number of nitrogens with one attached hydrogen (secondary N) is 2. The topological polar surface area (TPSA) is 64.7 Å². The standard InChI is InChI=1S/C25H34N4O2/c1-3-28(4-2)23(20-12-7-5-8-13-20)18-26-24(30)21-14-11-17-29(19-21)25(31)27-22-15-9-6-10-16-22/h5-10,12-13,15-16,21,23H,3-4,11,14,17-19H2,1-2H3,(H,26,30)(H,27,31). The Morgan fingerprint density at radius 1 is 1.03 bits per heavy atom. The van der Waals surface area contributed by atoms with E-state index >= 15 is 0 Å². The smallest absolute Gasteiger partial charge is 0.321 e. The van der Waals surface area contributed by atoms with Crippen molar-refractivity contribution < 1.29 is 9.59 Å². The van der Waals surface area contributed by atoms with E-state index in [1.54, 1.807) is 4.90 Å². The number of nitrogens with zero attached hydrogens (tertiary/aromatic N) is 2. The van der Waals surface area contributed by atoms with E-state index in [4.69, 9.17) is 0 Å². The molecule has 0 saturated carbocycles. The molecule has 2 atom stereocenters. The van der Waals surface area contributed by atoms with Gasteiger partial charge in [0.2, 0.25) is 5.91 Å². The number of anilines is 1. The van der Waals surface area contributed by atoms with Crippen molar-refractivity contribution in [1.29, 1.82) is 0 Å². The second-order valence-electron chi connectivity index (χ2n) is 7.97. The van der Waals surface area contributed by atoms with Gasteiger partial charge < -0.3 is 15.5 Å². The molecule has 0 aliphatic carbocycles. The van der Waals surface area contributed by atoms with E-state index in [0.717, 1.165) is 31.6 Å². The molecule has 2 unspecified atom stereocenters. The molecular formula is C25H34N4O2. The van der Waals surface area contributed by atoms with Crippen LogP contribution in [0.2, 0.25) is 0 Å². The highest BCUT2D eigenvalue weighted by atomic mass is 16.2. The van der Waals surface area contributed by atoms with Gasteiger partial charge in [-0.3, -0.25) is 9.69 Å². The van der Waals surface area contributed by atoms with Crippen molar-refractivity contribution in [2.75, 3.05) is 38.0 Å². The average molecular weight is 423 g/mol. The molecule has 0 spiro atoms. The van der Waals surface area contributed by atoms with E-state index in [1.807, 2.05) is 48.5 Å². The first-order valence-electron chi connectivity index (χ1n) is 11.3. The summed E-state index contributed by atoms with van der Waals surface area (Å²) >= 11 is 0. The van der Waals surface area contributed by atoms with Crippen LogP contribution in [-0.2, 0) is 4.79 Å². The fraction of sp³-hybridized carbons (Fsp3) is 0.440. The van der Waals surface area contributed by atoms with Gasteiger partial charge in [0.25, 0.3) is 0 Å². The predicted octanol–water partition coefficient (Wildman–Crippen LogP) is 4.13. The number of para-hydroxylation sites is 1. The van der Waals surface area contributed by atoms with Gasteiger partial charge in [0.1, 0.15) is 0 Å². The van der Waals surface area contributed by atoms with E-state index < -0.39 is 0 Å². The summed E-state index contributed by atoms with van der Waals surface area (Å²) in [6.45, 7) is 7.82. The second-order valence-corrected chi connectivity index (χ2v) is 7.97. The maximum absolute atomic E-state index is 13.0. The number of carbonyl (C=O) groups is 2. The summed E-state index contributed by atoms with van der Waals surface area (Å²) in [5.41, 5.74) is 1.98. The Labute approximate surface area is 185 Å². The summed E-state index contributed by atoms with van der Waals surface area (Å²) in [6, 6.07) is 19.7. The Hall–Kier alpha value is -2.86. The van der Waals surface area contributed by atoms with Crippen molar-refractivity contribution in [3.8, 4) is 0 Å². The minimum Gasteiger partial charge on any atom is -0.354 e. The highest BCUT2D eigenvalue weighted by Crippen LogP contribution is 2.21. The van der Waals surface area contributed by atoms with Gasteiger partial charge >= 0.3 is 6.03 Å². The van der Waals surface area contributed by atoms with Crippen molar-refractivity contribution in [3.05, 3.63) is 66.2 Å². The van der Waals surface area contributed by atoms with Gasteiger partial charge in [-0.1, -0.05) is 62.4 Å². The van der Waals surface area contributed by atoms with E-state index in [0.29, 0.717) is 19.6 Å². The molecule has 0 bridgehead atoms. The third-order valence-electron chi connectivity index (χ3n) is 6.01. The number of piperidine rings is 1. The monoisotopic (exact) mass is 422 g/mol. The summed E-state index contributed by atoms with van der Waals surface area (Å²) in [4.78, 5) is 29.7. The number of amides is 3. The van der Waals surface area contributed by atoms with Gasteiger partial charge in [-0.15, -0.1) is 0 Å². The number of carbonyl (C=O) groups excluding carboxylic acids is 2. The Balaban J connectivity index is 1.58. The van der Waals surface area contributed by atoms with Gasteiger partial charge in [-0.25, -0.2) is 4.79 Å². The number of benzene rings is 2. The van der Waals surface area contributed by atoms with Gasteiger partial charge in [-0.2, -0.15) is 0 Å². The molecule has 2 aromatic rings. The molecule has 31 heavy (non-hydrogen) atoms. The molecule has 1 saturated heterocycles. The summed E-state index contributed by atoms with van der Waals surface area (Å²) < 4.78 is 0. The van der Waals surface area contributed by atoms with E-state index in [1.165, 1.54) is 5.56 Å². The Morgan fingerprint density at radius 3 is 2.32 bits per heavy atom. The quantitative estimate of drug-likeness (QED) is 0.672. The normalized spacial score (nSPS) is 17.3. The SMILES string of the molecule is CCN(CC)C(CNC(=O)C1CCCN(C(=O)Nc2ccccc2)C1)c1ccccc1. The van der Waals surface area contributed by atoms with Crippen molar-refractivity contribution in [2.45, 2.75) is 32.7 Å². The van der Waals surface area contributed by atoms with E-state index in [-0.39, 0.29) is 23.9 Å². The lowest BCUT2D eigenvalue weighted by molar-refractivity contribution is -0.126. The van der Waals surface area contributed by atoms with Gasteiger partial charge in [0.15, 0.2) is 0 Å². The number of urea groups is 1. The lowest BCUT2D eigenvalue weighted by Crippen LogP contribution is -2.48. The number of hydrogen-bond acceptors (Lipinski definition) is 3. The molecule has 1 aliphatic heterocycles. The zero-order valence-corrected chi connectivity index (χ0v) is 18.6. The van der Waals surface area contributed by atoms with Gasteiger partial charge in [0, 0.05) is 25.3 Å². The van der Waals surface area contributed by atoms with Gasteiger partial charge in [0.05, 0.1) is 12.0 Å². The number of hydrogen-bond donors (Lipinski definition) is 2. The molecule has 2 aromatic carbocycles. The van der Waals surface area contributed by atoms with Crippen LogP contribution in [0.4, 0.5) is 10.5 Å². The van der Waals surface area contributed by atoms with Crippen molar-refractivity contribution >= 4 is 17.6 Å². The third kappa shape index (κ3) is 6.31. The maximum Gasteiger partial charge on any atom is 0.321 e. The zero-order chi connectivity index (χ0) is 22.1. The highest BCUT2D eigenvalue weighted by Gasteiger charge is 2.29. The van der Waals surface area contributed by atoms with Gasteiger partial charge in [-0.05, 0) is 43.6 Å². The van der Waals surface area contributed by atoms with Crippen LogP contribution < -0.4 is 10.6 Å². The Bertz CT molecular complexity index is 824. The molecule has 0 aromatic heterocycles. The first kappa shape index (κ1) is 22.8. The molecule has 2 N–H and O–H groups in total. The summed E-state index contributed by atoms with van der Waals surface area (Å²) in [5.74, 6) is -0.145. The first-order valence-corrected chi connectivity index (χ1v) is 11.3. The van der Waals surface area contributed by atoms with E-state index in [9.17, 15) is 9.59 Å². The Morgan fingerprint density at radius 2 is 1.68 bits per heavy atom. The van der Waals surface area contributed by atoms with Crippen LogP contribution in [0.3, 0.4) is 0 Å². The zero-order valence-electron chi connectivity index (χ0n) is 18.6. The molecule has 1 fully saturated rings. The molecule has 1 aliphatic rings. The van der Waals surface area contributed by atoms with Crippen LogP contribution in [0.5, 0.6) is 0 Å². The second kappa shape index (κ2) is 11.5.